The number of fused-ring (bicyclic) bond motifs is 1. The second-order valence-corrected chi connectivity index (χ2v) is 8.22. The van der Waals surface area contributed by atoms with Crippen LogP contribution in [0.5, 0.6) is 0 Å². The zero-order valence-corrected chi connectivity index (χ0v) is 16.7. The third-order valence-corrected chi connectivity index (χ3v) is 5.98. The summed E-state index contributed by atoms with van der Waals surface area (Å²) in [7, 11) is -4.13. The Labute approximate surface area is 175 Å². The predicted molar refractivity (Wildman–Crippen MR) is 110 cm³/mol. The number of nitrogens with one attached hydrogen (secondary N) is 2. The summed E-state index contributed by atoms with van der Waals surface area (Å²) in [5, 5.41) is 10.4. The van der Waals surface area contributed by atoms with Crippen molar-refractivity contribution < 1.29 is 17.6 Å². The van der Waals surface area contributed by atoms with E-state index in [-0.39, 0.29) is 27.1 Å². The Morgan fingerprint density at radius 2 is 1.80 bits per heavy atom. The third kappa shape index (κ3) is 3.95. The number of halogens is 2. The number of pyridine rings is 1. The van der Waals surface area contributed by atoms with E-state index in [1.165, 1.54) is 24.3 Å². The van der Waals surface area contributed by atoms with Crippen molar-refractivity contribution in [1.29, 1.82) is 0 Å². The van der Waals surface area contributed by atoms with Crippen LogP contribution in [-0.4, -0.2) is 28.9 Å². The summed E-state index contributed by atoms with van der Waals surface area (Å²) < 4.78 is 42.4. The lowest BCUT2D eigenvalue weighted by Gasteiger charge is -2.11. The van der Waals surface area contributed by atoms with E-state index in [0.717, 1.165) is 18.2 Å². The van der Waals surface area contributed by atoms with Gasteiger partial charge in [0.1, 0.15) is 10.7 Å². The molecule has 0 aliphatic carbocycles. The summed E-state index contributed by atoms with van der Waals surface area (Å²) in [6.45, 7) is 0. The lowest BCUT2D eigenvalue weighted by Crippen LogP contribution is -2.17. The minimum Gasteiger partial charge on any atom is -0.290 e. The zero-order valence-electron chi connectivity index (χ0n) is 15.1. The number of nitrogens with zero attached hydrogens (tertiary/aromatic N) is 3. The molecule has 30 heavy (non-hydrogen) atoms. The molecule has 2 aromatic heterocycles. The standard InChI is InChI=1S/C19H13ClFN5O3S/c20-15-9-4-12(18(27)22-19-24-23-17-3-1-2-10-26(17)19)11-16(15)30(28,29)25-14-7-5-13(21)6-8-14/h1-11,25H,(H,22,24,27). The van der Waals surface area contributed by atoms with Gasteiger partial charge in [-0.1, -0.05) is 17.7 Å². The van der Waals surface area contributed by atoms with Gasteiger partial charge >= 0.3 is 0 Å². The van der Waals surface area contributed by atoms with E-state index in [2.05, 4.69) is 20.2 Å². The maximum Gasteiger partial charge on any atom is 0.263 e. The molecule has 0 saturated heterocycles. The molecule has 1 amide bonds. The Hall–Kier alpha value is -3.50. The first kappa shape index (κ1) is 19.8. The molecule has 0 unspecified atom stereocenters. The molecule has 0 spiro atoms. The van der Waals surface area contributed by atoms with E-state index in [4.69, 9.17) is 11.6 Å². The molecule has 0 atom stereocenters. The fourth-order valence-electron chi connectivity index (χ4n) is 2.68. The van der Waals surface area contributed by atoms with Crippen molar-refractivity contribution in [2.75, 3.05) is 10.0 Å². The normalized spacial score (nSPS) is 11.4. The van der Waals surface area contributed by atoms with Gasteiger partial charge in [0.2, 0.25) is 5.95 Å². The van der Waals surface area contributed by atoms with Gasteiger partial charge in [0.25, 0.3) is 15.9 Å². The van der Waals surface area contributed by atoms with Gasteiger partial charge in [0, 0.05) is 17.4 Å². The van der Waals surface area contributed by atoms with E-state index in [0.29, 0.717) is 5.65 Å². The highest BCUT2D eigenvalue weighted by Crippen LogP contribution is 2.25. The molecule has 8 nitrogen and oxygen atoms in total. The largest absolute Gasteiger partial charge is 0.290 e. The Kier molecular flexibility index (Phi) is 5.10. The Morgan fingerprint density at radius 1 is 1.03 bits per heavy atom. The molecule has 0 radical (unpaired) electrons. The Bertz CT molecular complexity index is 1360. The van der Waals surface area contributed by atoms with Crippen molar-refractivity contribution in [2.45, 2.75) is 4.90 Å². The lowest BCUT2D eigenvalue weighted by atomic mass is 10.2. The van der Waals surface area contributed by atoms with Crippen LogP contribution in [0.1, 0.15) is 10.4 Å². The van der Waals surface area contributed by atoms with E-state index in [1.807, 2.05) is 0 Å². The van der Waals surface area contributed by atoms with Gasteiger partial charge in [-0.05, 0) is 54.6 Å². The van der Waals surface area contributed by atoms with Crippen LogP contribution in [0.15, 0.2) is 71.8 Å². The van der Waals surface area contributed by atoms with Gasteiger partial charge in [-0.3, -0.25) is 19.2 Å². The molecule has 0 saturated carbocycles. The number of rotatable bonds is 5. The highest BCUT2D eigenvalue weighted by Gasteiger charge is 2.21. The Balaban J connectivity index is 1.62. The summed E-state index contributed by atoms with van der Waals surface area (Å²) in [6, 6.07) is 13.9. The van der Waals surface area contributed by atoms with Gasteiger partial charge in [-0.2, -0.15) is 0 Å². The topological polar surface area (TPSA) is 105 Å². The highest BCUT2D eigenvalue weighted by molar-refractivity contribution is 7.92. The number of amides is 1. The zero-order chi connectivity index (χ0) is 21.3. The first-order valence-corrected chi connectivity index (χ1v) is 10.4. The predicted octanol–water partition coefficient (Wildman–Crippen LogP) is 3.57. The summed E-state index contributed by atoms with van der Waals surface area (Å²) in [5.74, 6) is -0.918. The molecule has 2 aromatic carbocycles. The molecule has 2 heterocycles. The number of hydrogen-bond donors (Lipinski definition) is 2. The van der Waals surface area contributed by atoms with Crippen LogP contribution in [-0.2, 0) is 10.0 Å². The van der Waals surface area contributed by atoms with E-state index in [1.54, 1.807) is 28.8 Å². The highest BCUT2D eigenvalue weighted by atomic mass is 35.5. The molecule has 0 bridgehead atoms. The molecule has 152 valence electrons. The van der Waals surface area contributed by atoms with Gasteiger partial charge in [-0.25, -0.2) is 12.8 Å². The van der Waals surface area contributed by atoms with Gasteiger partial charge in [-0.15, -0.1) is 10.2 Å². The summed E-state index contributed by atoms with van der Waals surface area (Å²) in [6.07, 6.45) is 1.68. The van der Waals surface area contributed by atoms with E-state index < -0.39 is 21.7 Å². The first-order chi connectivity index (χ1) is 14.3. The van der Waals surface area contributed by atoms with Crippen LogP contribution in [0.3, 0.4) is 0 Å². The number of carbonyl (C=O) groups excluding carboxylic acids is 1. The lowest BCUT2D eigenvalue weighted by molar-refractivity contribution is 0.102. The van der Waals surface area contributed by atoms with Crippen LogP contribution in [0, 0.1) is 5.82 Å². The molecule has 4 aromatic rings. The fourth-order valence-corrected chi connectivity index (χ4v) is 4.26. The van der Waals surface area contributed by atoms with Crippen LogP contribution in [0.4, 0.5) is 16.0 Å². The third-order valence-electron chi connectivity index (χ3n) is 4.12. The first-order valence-electron chi connectivity index (χ1n) is 8.52. The van der Waals surface area contributed by atoms with Gasteiger partial charge in [0.05, 0.1) is 5.02 Å². The quantitative estimate of drug-likeness (QED) is 0.488. The number of anilines is 2. The van der Waals surface area contributed by atoms with Gasteiger partial charge < -0.3 is 0 Å². The van der Waals surface area contributed by atoms with Gasteiger partial charge in [0.15, 0.2) is 5.65 Å². The number of sulfonamides is 1. The maximum atomic E-state index is 13.0. The second-order valence-electron chi connectivity index (χ2n) is 6.16. The number of carbonyl (C=O) groups is 1. The second kappa shape index (κ2) is 7.73. The van der Waals surface area contributed by atoms with Crippen molar-refractivity contribution in [1.82, 2.24) is 14.6 Å². The van der Waals surface area contributed by atoms with Crippen molar-refractivity contribution >= 4 is 44.8 Å². The maximum absolute atomic E-state index is 13.0. The molecule has 11 heteroatoms. The van der Waals surface area contributed by atoms with E-state index >= 15 is 0 Å². The van der Waals surface area contributed by atoms with E-state index in [9.17, 15) is 17.6 Å². The summed E-state index contributed by atoms with van der Waals surface area (Å²) >= 11 is 6.06. The fraction of sp³-hybridized carbons (Fsp3) is 0. The van der Waals surface area contributed by atoms with Crippen molar-refractivity contribution in [3.05, 3.63) is 83.3 Å². The Morgan fingerprint density at radius 3 is 2.57 bits per heavy atom. The average Bonchev–Trinajstić information content (AvgIpc) is 3.12. The molecule has 0 aliphatic rings. The summed E-state index contributed by atoms with van der Waals surface area (Å²) in [4.78, 5) is 12.4. The molecule has 0 fully saturated rings. The molecule has 0 aliphatic heterocycles. The molecule has 2 N–H and O–H groups in total. The molecular formula is C19H13ClFN5O3S. The monoisotopic (exact) mass is 445 g/mol. The minimum atomic E-state index is -4.13. The van der Waals surface area contributed by atoms with Crippen LogP contribution < -0.4 is 10.0 Å². The number of aromatic nitrogens is 3. The smallest absolute Gasteiger partial charge is 0.263 e. The molecular weight excluding hydrogens is 433 g/mol. The van der Waals surface area contributed by atoms with Crippen LogP contribution in [0.25, 0.3) is 5.65 Å². The minimum absolute atomic E-state index is 0.0477. The average molecular weight is 446 g/mol. The summed E-state index contributed by atoms with van der Waals surface area (Å²) in [5.41, 5.74) is 0.736. The molecule has 4 rings (SSSR count). The van der Waals surface area contributed by atoms with Crippen molar-refractivity contribution in [3.8, 4) is 0 Å². The van der Waals surface area contributed by atoms with Crippen LogP contribution in [0.2, 0.25) is 5.02 Å². The number of hydrogen-bond acceptors (Lipinski definition) is 5. The van der Waals surface area contributed by atoms with Crippen molar-refractivity contribution in [2.24, 2.45) is 0 Å². The van der Waals surface area contributed by atoms with Crippen molar-refractivity contribution in [3.63, 3.8) is 0 Å². The number of benzene rings is 2. The SMILES string of the molecule is O=C(Nc1nnc2ccccn12)c1ccc(Cl)c(S(=O)(=O)Nc2ccc(F)cc2)c1. The van der Waals surface area contributed by atoms with Crippen LogP contribution >= 0.6 is 11.6 Å².